The normalized spacial score (nSPS) is 20.3. The monoisotopic (exact) mass is 226 g/mol. The van der Waals surface area contributed by atoms with Gasteiger partial charge in [0.25, 0.3) is 0 Å². The molecule has 13 heavy (non-hydrogen) atoms. The molecule has 1 heterocycles. The summed E-state index contributed by atoms with van der Waals surface area (Å²) in [5, 5.41) is 3.91. The highest BCUT2D eigenvalue weighted by atomic mass is 35.5. The molecular formula is C6H11ClN2O3S. The molecule has 0 bridgehead atoms. The number of hydrogen-bond donors (Lipinski definition) is 1. The average Bonchev–Trinajstić information content (AvgIpc) is 2.03. The van der Waals surface area contributed by atoms with Crippen molar-refractivity contribution in [1.29, 1.82) is 0 Å². The van der Waals surface area contributed by atoms with E-state index in [1.54, 1.807) is 0 Å². The Morgan fingerprint density at radius 2 is 1.85 bits per heavy atom. The number of rotatable bonds is 1. The van der Waals surface area contributed by atoms with E-state index in [4.69, 9.17) is 16.7 Å². The van der Waals surface area contributed by atoms with Gasteiger partial charge in [-0.15, -0.1) is 0 Å². The van der Waals surface area contributed by atoms with Crippen molar-refractivity contribution in [3.8, 4) is 0 Å². The van der Waals surface area contributed by atoms with Crippen molar-refractivity contribution in [2.75, 3.05) is 13.1 Å². The first kappa shape index (κ1) is 10.7. The Kier molecular flexibility index (Phi) is 3.15. The Morgan fingerprint density at radius 3 is 2.15 bits per heavy atom. The van der Waals surface area contributed by atoms with Crippen LogP contribution in [-0.2, 0) is 10.0 Å². The number of piperidine rings is 1. The van der Waals surface area contributed by atoms with Gasteiger partial charge in [0.2, 0.25) is 10.0 Å². The van der Waals surface area contributed by atoms with Gasteiger partial charge in [0.1, 0.15) is 0 Å². The van der Waals surface area contributed by atoms with Gasteiger partial charge in [0.15, 0.2) is 0 Å². The van der Waals surface area contributed by atoms with Crippen molar-refractivity contribution in [1.82, 2.24) is 4.90 Å². The van der Waals surface area contributed by atoms with Crippen LogP contribution in [0, 0.1) is 0 Å². The Balaban J connectivity index is 2.53. The fourth-order valence-corrected chi connectivity index (χ4v) is 2.40. The smallest absolute Gasteiger partial charge is 0.316 e. The minimum Gasteiger partial charge on any atom is -0.329 e. The molecule has 7 heteroatoms. The van der Waals surface area contributed by atoms with Crippen LogP contribution >= 0.6 is 11.6 Å². The highest BCUT2D eigenvalue weighted by Crippen LogP contribution is 2.16. The first-order valence-electron chi connectivity index (χ1n) is 3.87. The Bertz CT molecular complexity index is 295. The van der Waals surface area contributed by atoms with Crippen molar-refractivity contribution < 1.29 is 13.2 Å². The predicted molar refractivity (Wildman–Crippen MR) is 49.0 cm³/mol. The molecule has 1 fully saturated rings. The predicted octanol–water partition coefficient (Wildman–Crippen LogP) is 0.0981. The molecule has 0 radical (unpaired) electrons. The summed E-state index contributed by atoms with van der Waals surface area (Å²) in [6, 6.07) is 0. The molecule has 76 valence electrons. The van der Waals surface area contributed by atoms with Crippen LogP contribution in [0.3, 0.4) is 0 Å². The second kappa shape index (κ2) is 3.81. The third-order valence-corrected chi connectivity index (χ3v) is 3.79. The number of amides is 1. The number of likely N-dealkylation sites (tertiary alicyclic amines) is 1. The summed E-state index contributed by atoms with van der Waals surface area (Å²) in [5.74, 6) is 0. The summed E-state index contributed by atoms with van der Waals surface area (Å²) in [6.45, 7) is 0.729. The van der Waals surface area contributed by atoms with Crippen LogP contribution in [0.2, 0.25) is 0 Å². The molecule has 1 saturated heterocycles. The van der Waals surface area contributed by atoms with Gasteiger partial charge in [-0.2, -0.15) is 0 Å². The Labute approximate surface area is 81.9 Å². The quantitative estimate of drug-likeness (QED) is 0.509. The van der Waals surface area contributed by atoms with Crippen LogP contribution < -0.4 is 5.14 Å². The molecule has 1 rings (SSSR count). The number of primary sulfonamides is 1. The average molecular weight is 227 g/mol. The lowest BCUT2D eigenvalue weighted by Gasteiger charge is -2.28. The molecule has 5 nitrogen and oxygen atoms in total. The fraction of sp³-hybridized carbons (Fsp3) is 0.833. The molecule has 0 aromatic heterocycles. The molecule has 1 aliphatic rings. The maximum atomic E-state index is 10.9. The molecule has 0 spiro atoms. The van der Waals surface area contributed by atoms with Crippen molar-refractivity contribution in [3.05, 3.63) is 0 Å². The largest absolute Gasteiger partial charge is 0.329 e. The number of carbonyl (C=O) groups excluding carboxylic acids is 1. The van der Waals surface area contributed by atoms with Crippen LogP contribution in [0.15, 0.2) is 0 Å². The molecule has 0 atom stereocenters. The Morgan fingerprint density at radius 1 is 1.38 bits per heavy atom. The van der Waals surface area contributed by atoms with Gasteiger partial charge in [0.05, 0.1) is 5.25 Å². The molecule has 2 N–H and O–H groups in total. The van der Waals surface area contributed by atoms with Crippen LogP contribution in [0.4, 0.5) is 4.79 Å². The molecule has 0 aromatic rings. The van der Waals surface area contributed by atoms with Gasteiger partial charge in [-0.3, -0.25) is 4.79 Å². The number of nitrogens with two attached hydrogens (primary N) is 1. The van der Waals surface area contributed by atoms with E-state index < -0.39 is 20.6 Å². The lowest BCUT2D eigenvalue weighted by atomic mass is 10.1. The molecule has 0 aromatic carbocycles. The van der Waals surface area contributed by atoms with Gasteiger partial charge in [0, 0.05) is 13.1 Å². The zero-order chi connectivity index (χ0) is 10.1. The van der Waals surface area contributed by atoms with E-state index in [1.807, 2.05) is 0 Å². The third kappa shape index (κ3) is 2.82. The highest BCUT2D eigenvalue weighted by Gasteiger charge is 2.28. The van der Waals surface area contributed by atoms with Crippen molar-refractivity contribution in [2.24, 2.45) is 5.14 Å². The van der Waals surface area contributed by atoms with Crippen LogP contribution in [-0.4, -0.2) is 37.0 Å². The maximum absolute atomic E-state index is 10.9. The summed E-state index contributed by atoms with van der Waals surface area (Å²) >= 11 is 5.22. The zero-order valence-electron chi connectivity index (χ0n) is 6.94. The van der Waals surface area contributed by atoms with E-state index >= 15 is 0 Å². The summed E-state index contributed by atoms with van der Waals surface area (Å²) in [4.78, 5) is 12.1. The summed E-state index contributed by atoms with van der Waals surface area (Å²) in [7, 11) is -3.46. The maximum Gasteiger partial charge on any atom is 0.316 e. The minimum atomic E-state index is -3.46. The van der Waals surface area contributed by atoms with E-state index in [9.17, 15) is 13.2 Å². The van der Waals surface area contributed by atoms with Gasteiger partial charge in [-0.25, -0.2) is 13.6 Å². The molecule has 1 amide bonds. The molecule has 1 aliphatic heterocycles. The van der Waals surface area contributed by atoms with Crippen LogP contribution in [0.25, 0.3) is 0 Å². The lowest BCUT2D eigenvalue weighted by Crippen LogP contribution is -2.42. The van der Waals surface area contributed by atoms with Gasteiger partial charge in [-0.05, 0) is 24.4 Å². The second-order valence-corrected chi connectivity index (χ2v) is 5.20. The fourth-order valence-electron chi connectivity index (χ4n) is 1.36. The van der Waals surface area contributed by atoms with Crippen molar-refractivity contribution >= 4 is 27.0 Å². The minimum absolute atomic E-state index is 0.365. The summed E-state index contributed by atoms with van der Waals surface area (Å²) in [5.41, 5.74) is 0. The molecule has 0 saturated carbocycles. The number of nitrogens with zero attached hydrogens (tertiary/aromatic N) is 1. The lowest BCUT2D eigenvalue weighted by molar-refractivity contribution is 0.210. The first-order chi connectivity index (χ1) is 5.91. The van der Waals surface area contributed by atoms with E-state index in [-0.39, 0.29) is 0 Å². The standard InChI is InChI=1S/C6H11ClN2O3S/c7-6(10)9-3-1-5(2-4-9)13(8,11)12/h5H,1-4H2,(H2,8,11,12). The van der Waals surface area contributed by atoms with Gasteiger partial charge >= 0.3 is 5.37 Å². The van der Waals surface area contributed by atoms with Gasteiger partial charge in [-0.1, -0.05) is 0 Å². The van der Waals surface area contributed by atoms with E-state index in [1.165, 1.54) is 4.90 Å². The van der Waals surface area contributed by atoms with Crippen LogP contribution in [0.1, 0.15) is 12.8 Å². The SMILES string of the molecule is NS(=O)(=O)C1CCN(C(=O)Cl)CC1. The number of carbonyl (C=O) groups is 1. The number of sulfonamides is 1. The van der Waals surface area contributed by atoms with Crippen LogP contribution in [0.5, 0.6) is 0 Å². The number of hydrogen-bond acceptors (Lipinski definition) is 3. The van der Waals surface area contributed by atoms with E-state index in [0.717, 1.165) is 0 Å². The van der Waals surface area contributed by atoms with E-state index in [2.05, 4.69) is 0 Å². The highest BCUT2D eigenvalue weighted by molar-refractivity contribution is 7.89. The molecular weight excluding hydrogens is 216 g/mol. The summed E-state index contributed by atoms with van der Waals surface area (Å²) < 4.78 is 21.8. The molecule has 0 aliphatic carbocycles. The number of halogens is 1. The van der Waals surface area contributed by atoms with Gasteiger partial charge < -0.3 is 4.90 Å². The van der Waals surface area contributed by atoms with Crippen molar-refractivity contribution in [3.63, 3.8) is 0 Å². The first-order valence-corrected chi connectivity index (χ1v) is 5.86. The molecule has 0 unspecified atom stereocenters. The topological polar surface area (TPSA) is 80.5 Å². The summed E-state index contributed by atoms with van der Waals surface area (Å²) in [6.07, 6.45) is 0.745. The van der Waals surface area contributed by atoms with E-state index in [0.29, 0.717) is 25.9 Å². The zero-order valence-corrected chi connectivity index (χ0v) is 8.51. The Hall–Kier alpha value is -0.330. The third-order valence-electron chi connectivity index (χ3n) is 2.16. The second-order valence-electron chi connectivity index (χ2n) is 3.03. The van der Waals surface area contributed by atoms with Crippen molar-refractivity contribution in [2.45, 2.75) is 18.1 Å².